The van der Waals surface area contributed by atoms with Gasteiger partial charge in [0.05, 0.1) is 6.33 Å². The molecule has 1 unspecified atom stereocenters. The van der Waals surface area contributed by atoms with Gasteiger partial charge in [0.15, 0.2) is 0 Å². The SMILES string of the molecule is CC(CCN)Nc1cc(=O)[nH]cn1. The van der Waals surface area contributed by atoms with E-state index in [1.54, 1.807) is 0 Å². The van der Waals surface area contributed by atoms with Gasteiger partial charge in [-0.2, -0.15) is 0 Å². The highest BCUT2D eigenvalue weighted by Gasteiger charge is 2.00. The smallest absolute Gasteiger partial charge is 0.252 e. The van der Waals surface area contributed by atoms with Crippen molar-refractivity contribution < 1.29 is 0 Å². The van der Waals surface area contributed by atoms with Gasteiger partial charge in [-0.3, -0.25) is 4.79 Å². The van der Waals surface area contributed by atoms with Crippen molar-refractivity contribution in [3.63, 3.8) is 0 Å². The zero-order valence-corrected chi connectivity index (χ0v) is 7.58. The fourth-order valence-corrected chi connectivity index (χ4v) is 1.02. The quantitative estimate of drug-likeness (QED) is 0.608. The molecule has 0 fully saturated rings. The number of hydrogen-bond acceptors (Lipinski definition) is 4. The Kier molecular flexibility index (Phi) is 3.45. The molecule has 1 aromatic heterocycles. The number of aromatic amines is 1. The molecular weight excluding hydrogens is 168 g/mol. The van der Waals surface area contributed by atoms with Crippen molar-refractivity contribution in [3.8, 4) is 0 Å². The zero-order chi connectivity index (χ0) is 9.68. The molecule has 4 N–H and O–H groups in total. The summed E-state index contributed by atoms with van der Waals surface area (Å²) in [4.78, 5) is 17.3. The van der Waals surface area contributed by atoms with Crippen LogP contribution in [-0.4, -0.2) is 22.6 Å². The number of rotatable bonds is 4. The van der Waals surface area contributed by atoms with Crippen molar-refractivity contribution in [1.82, 2.24) is 9.97 Å². The van der Waals surface area contributed by atoms with Gasteiger partial charge in [0.2, 0.25) is 0 Å². The van der Waals surface area contributed by atoms with Gasteiger partial charge in [0.25, 0.3) is 5.56 Å². The molecule has 5 heteroatoms. The Labute approximate surface area is 76.4 Å². The van der Waals surface area contributed by atoms with Gasteiger partial charge in [-0.1, -0.05) is 0 Å². The van der Waals surface area contributed by atoms with E-state index in [4.69, 9.17) is 5.73 Å². The Hall–Kier alpha value is -1.36. The van der Waals surface area contributed by atoms with Gasteiger partial charge in [-0.15, -0.1) is 0 Å². The molecule has 0 aliphatic heterocycles. The second-order valence-electron chi connectivity index (χ2n) is 2.92. The van der Waals surface area contributed by atoms with Gasteiger partial charge in [-0.05, 0) is 19.9 Å². The zero-order valence-electron chi connectivity index (χ0n) is 7.58. The lowest BCUT2D eigenvalue weighted by atomic mass is 10.2. The summed E-state index contributed by atoms with van der Waals surface area (Å²) in [7, 11) is 0. The fraction of sp³-hybridized carbons (Fsp3) is 0.500. The van der Waals surface area contributed by atoms with E-state index in [0.717, 1.165) is 6.42 Å². The summed E-state index contributed by atoms with van der Waals surface area (Å²) in [5.74, 6) is 0.588. The predicted molar refractivity (Wildman–Crippen MR) is 51.6 cm³/mol. The predicted octanol–water partition coefficient (Wildman–Crippen LogP) is -0.0809. The van der Waals surface area contributed by atoms with E-state index in [0.29, 0.717) is 12.4 Å². The van der Waals surface area contributed by atoms with Gasteiger partial charge in [-0.25, -0.2) is 4.98 Å². The summed E-state index contributed by atoms with van der Waals surface area (Å²) >= 11 is 0. The summed E-state index contributed by atoms with van der Waals surface area (Å²) in [5.41, 5.74) is 5.23. The van der Waals surface area contributed by atoms with Crippen LogP contribution in [0.4, 0.5) is 5.82 Å². The molecule has 0 aromatic carbocycles. The van der Waals surface area contributed by atoms with Gasteiger partial charge >= 0.3 is 0 Å². The van der Waals surface area contributed by atoms with Gasteiger partial charge in [0.1, 0.15) is 5.82 Å². The molecule has 1 aromatic rings. The van der Waals surface area contributed by atoms with Crippen molar-refractivity contribution in [2.24, 2.45) is 5.73 Å². The summed E-state index contributed by atoms with van der Waals surface area (Å²) in [6, 6.07) is 1.66. The first-order valence-corrected chi connectivity index (χ1v) is 4.23. The maximum atomic E-state index is 10.9. The van der Waals surface area contributed by atoms with E-state index >= 15 is 0 Å². The monoisotopic (exact) mass is 182 g/mol. The average Bonchev–Trinajstić information content (AvgIpc) is 2.04. The number of aromatic nitrogens is 2. The van der Waals surface area contributed by atoms with Crippen LogP contribution in [-0.2, 0) is 0 Å². The highest BCUT2D eigenvalue weighted by atomic mass is 16.1. The molecule has 1 heterocycles. The first kappa shape index (κ1) is 9.73. The minimum Gasteiger partial charge on any atom is -0.367 e. The number of hydrogen-bond donors (Lipinski definition) is 3. The minimum atomic E-state index is -0.155. The molecule has 0 aliphatic carbocycles. The van der Waals surface area contributed by atoms with E-state index in [2.05, 4.69) is 15.3 Å². The number of H-pyrrole nitrogens is 1. The standard InChI is InChI=1S/C8H14N4O/c1-6(2-3-9)12-7-4-8(13)11-5-10-7/h4-6H,2-3,9H2,1H3,(H2,10,11,12,13). The maximum Gasteiger partial charge on any atom is 0.252 e. The van der Waals surface area contributed by atoms with Crippen molar-refractivity contribution in [3.05, 3.63) is 22.7 Å². The summed E-state index contributed by atoms with van der Waals surface area (Å²) < 4.78 is 0. The first-order valence-electron chi connectivity index (χ1n) is 4.23. The molecule has 1 rings (SSSR count). The normalized spacial score (nSPS) is 12.5. The molecule has 0 amide bonds. The van der Waals surface area contributed by atoms with Crippen LogP contribution in [0.5, 0.6) is 0 Å². The second kappa shape index (κ2) is 4.61. The molecular formula is C8H14N4O. The van der Waals surface area contributed by atoms with Crippen LogP contribution in [0.25, 0.3) is 0 Å². The minimum absolute atomic E-state index is 0.155. The van der Waals surface area contributed by atoms with E-state index < -0.39 is 0 Å². The number of nitrogens with zero attached hydrogens (tertiary/aromatic N) is 1. The van der Waals surface area contributed by atoms with E-state index in [-0.39, 0.29) is 11.6 Å². The number of anilines is 1. The average molecular weight is 182 g/mol. The van der Waals surface area contributed by atoms with Crippen LogP contribution in [0.1, 0.15) is 13.3 Å². The lowest BCUT2D eigenvalue weighted by Gasteiger charge is -2.12. The number of nitrogens with one attached hydrogen (secondary N) is 2. The van der Waals surface area contributed by atoms with Gasteiger partial charge in [0, 0.05) is 12.1 Å². The lowest BCUT2D eigenvalue weighted by molar-refractivity contribution is 0.712. The van der Waals surface area contributed by atoms with Crippen molar-refractivity contribution >= 4 is 5.82 Å². The van der Waals surface area contributed by atoms with E-state index in [1.165, 1.54) is 12.4 Å². The lowest BCUT2D eigenvalue weighted by Crippen LogP contribution is -2.21. The van der Waals surface area contributed by atoms with E-state index in [9.17, 15) is 4.79 Å². The van der Waals surface area contributed by atoms with Crippen LogP contribution in [0.15, 0.2) is 17.2 Å². The van der Waals surface area contributed by atoms with Crippen LogP contribution in [0, 0.1) is 0 Å². The van der Waals surface area contributed by atoms with Crippen LogP contribution >= 0.6 is 0 Å². The highest BCUT2D eigenvalue weighted by Crippen LogP contribution is 2.00. The highest BCUT2D eigenvalue weighted by molar-refractivity contribution is 5.32. The Morgan fingerprint density at radius 1 is 1.77 bits per heavy atom. The Morgan fingerprint density at radius 2 is 2.54 bits per heavy atom. The maximum absolute atomic E-state index is 10.9. The molecule has 0 spiro atoms. The summed E-state index contributed by atoms with van der Waals surface area (Å²) in [6.07, 6.45) is 2.23. The van der Waals surface area contributed by atoms with Crippen molar-refractivity contribution in [2.45, 2.75) is 19.4 Å². The molecule has 5 nitrogen and oxygen atoms in total. The van der Waals surface area contributed by atoms with E-state index in [1.807, 2.05) is 6.92 Å². The largest absolute Gasteiger partial charge is 0.367 e. The topological polar surface area (TPSA) is 83.8 Å². The molecule has 0 saturated heterocycles. The Bertz CT molecular complexity index is 309. The first-order chi connectivity index (χ1) is 6.22. The summed E-state index contributed by atoms with van der Waals surface area (Å²) in [5, 5.41) is 3.07. The molecule has 13 heavy (non-hydrogen) atoms. The van der Waals surface area contributed by atoms with Gasteiger partial charge < -0.3 is 16.0 Å². The Morgan fingerprint density at radius 3 is 3.15 bits per heavy atom. The molecule has 0 bridgehead atoms. The van der Waals surface area contributed by atoms with Crippen LogP contribution in [0.3, 0.4) is 0 Å². The third kappa shape index (κ3) is 3.25. The molecule has 1 atom stereocenters. The van der Waals surface area contributed by atoms with Crippen molar-refractivity contribution in [2.75, 3.05) is 11.9 Å². The molecule has 72 valence electrons. The Balaban J connectivity index is 2.58. The molecule has 0 saturated carbocycles. The third-order valence-corrected chi connectivity index (χ3v) is 1.67. The third-order valence-electron chi connectivity index (χ3n) is 1.67. The van der Waals surface area contributed by atoms with Crippen LogP contribution < -0.4 is 16.6 Å². The fourth-order valence-electron chi connectivity index (χ4n) is 1.02. The van der Waals surface area contributed by atoms with Crippen molar-refractivity contribution in [1.29, 1.82) is 0 Å². The van der Waals surface area contributed by atoms with Crippen LogP contribution in [0.2, 0.25) is 0 Å². The second-order valence-corrected chi connectivity index (χ2v) is 2.92. The summed E-state index contributed by atoms with van der Waals surface area (Å²) in [6.45, 7) is 2.62. The number of nitrogens with two attached hydrogens (primary N) is 1. The molecule has 0 aliphatic rings. The molecule has 0 radical (unpaired) electrons.